The maximum atomic E-state index is 11.9. The summed E-state index contributed by atoms with van der Waals surface area (Å²) < 4.78 is 0. The van der Waals surface area contributed by atoms with Crippen LogP contribution in [0.25, 0.3) is 0 Å². The summed E-state index contributed by atoms with van der Waals surface area (Å²) in [5, 5.41) is 6.58. The number of H-pyrrole nitrogens is 1. The summed E-state index contributed by atoms with van der Waals surface area (Å²) in [6.07, 6.45) is 4.07. The van der Waals surface area contributed by atoms with Crippen LogP contribution in [0.5, 0.6) is 0 Å². The number of rotatable bonds is 3. The van der Waals surface area contributed by atoms with E-state index in [4.69, 9.17) is 0 Å². The van der Waals surface area contributed by atoms with Gasteiger partial charge in [0, 0.05) is 19.2 Å². The Labute approximate surface area is 106 Å². The second-order valence-electron chi connectivity index (χ2n) is 4.75. The van der Waals surface area contributed by atoms with Gasteiger partial charge in [-0.25, -0.2) is 5.10 Å². The highest BCUT2D eigenvalue weighted by Crippen LogP contribution is 2.20. The van der Waals surface area contributed by atoms with Crippen LogP contribution < -0.4 is 5.56 Å². The molecular weight excluding hydrogens is 230 g/mol. The Balaban J connectivity index is 2.29. The summed E-state index contributed by atoms with van der Waals surface area (Å²) in [6, 6.07) is 0. The first kappa shape index (κ1) is 12.8. The molecule has 0 aromatic carbocycles. The van der Waals surface area contributed by atoms with Crippen LogP contribution in [0.1, 0.15) is 36.6 Å². The van der Waals surface area contributed by atoms with Crippen LogP contribution in [-0.4, -0.2) is 34.6 Å². The van der Waals surface area contributed by atoms with Gasteiger partial charge in [0.25, 0.3) is 5.56 Å². The third-order valence-corrected chi connectivity index (χ3v) is 3.60. The summed E-state index contributed by atoms with van der Waals surface area (Å²) in [4.78, 5) is 25.3. The Hall–Kier alpha value is -1.65. The summed E-state index contributed by atoms with van der Waals surface area (Å²) in [5.41, 5.74) is 2.49. The number of carbonyl (C=O) groups is 1. The fourth-order valence-electron chi connectivity index (χ4n) is 2.33. The van der Waals surface area contributed by atoms with E-state index >= 15 is 0 Å². The zero-order valence-electron chi connectivity index (χ0n) is 11.0. The lowest BCUT2D eigenvalue weighted by molar-refractivity contribution is -0.129. The molecule has 98 valence electrons. The lowest BCUT2D eigenvalue weighted by Gasteiger charge is -2.19. The van der Waals surface area contributed by atoms with E-state index in [2.05, 4.69) is 10.2 Å². The molecule has 1 aromatic heterocycles. The van der Waals surface area contributed by atoms with Gasteiger partial charge >= 0.3 is 0 Å². The van der Waals surface area contributed by atoms with Crippen molar-refractivity contribution in [2.75, 3.05) is 13.6 Å². The molecule has 5 nitrogen and oxygen atoms in total. The Bertz CT molecular complexity index is 507. The molecule has 0 bridgehead atoms. The Morgan fingerprint density at radius 1 is 1.33 bits per heavy atom. The summed E-state index contributed by atoms with van der Waals surface area (Å²) in [5.74, 6) is 0.0461. The van der Waals surface area contributed by atoms with Gasteiger partial charge in [-0.15, -0.1) is 0 Å². The first-order chi connectivity index (χ1) is 8.63. The Kier molecular flexibility index (Phi) is 3.79. The van der Waals surface area contributed by atoms with Gasteiger partial charge < -0.3 is 4.90 Å². The number of likely N-dealkylation sites (N-methyl/N-ethyl adjacent to an activating group) is 1. The van der Waals surface area contributed by atoms with Crippen LogP contribution in [0.3, 0.4) is 0 Å². The molecule has 1 N–H and O–H groups in total. The van der Waals surface area contributed by atoms with Crippen molar-refractivity contribution in [3.63, 3.8) is 0 Å². The molecule has 0 atom stereocenters. The predicted molar refractivity (Wildman–Crippen MR) is 68.5 cm³/mol. The predicted octanol–water partition coefficient (Wildman–Crippen LogP) is 0.669. The van der Waals surface area contributed by atoms with Crippen molar-refractivity contribution < 1.29 is 4.79 Å². The smallest absolute Gasteiger partial charge is 0.267 e. The second-order valence-corrected chi connectivity index (χ2v) is 4.75. The highest BCUT2D eigenvalue weighted by Gasteiger charge is 2.20. The normalized spacial score (nSPS) is 14.1. The van der Waals surface area contributed by atoms with Crippen molar-refractivity contribution in [1.29, 1.82) is 0 Å². The Morgan fingerprint density at radius 2 is 2.00 bits per heavy atom. The second kappa shape index (κ2) is 5.33. The van der Waals surface area contributed by atoms with E-state index in [1.54, 1.807) is 11.9 Å². The zero-order chi connectivity index (χ0) is 13.1. The van der Waals surface area contributed by atoms with E-state index in [9.17, 15) is 9.59 Å². The number of fused-ring (bicyclic) bond motifs is 1. The third-order valence-electron chi connectivity index (χ3n) is 3.60. The van der Waals surface area contributed by atoms with Gasteiger partial charge in [0.05, 0.1) is 12.1 Å². The molecule has 0 spiro atoms. The van der Waals surface area contributed by atoms with Crippen molar-refractivity contribution >= 4 is 5.91 Å². The van der Waals surface area contributed by atoms with E-state index in [-0.39, 0.29) is 17.9 Å². The van der Waals surface area contributed by atoms with Gasteiger partial charge in [-0.2, -0.15) is 5.10 Å². The maximum Gasteiger partial charge on any atom is 0.267 e. The third kappa shape index (κ3) is 2.44. The SMILES string of the molecule is CCN(C)C(=O)Cc1n[nH]c(=O)c2c1CCCC2. The first-order valence-electron chi connectivity index (χ1n) is 6.46. The van der Waals surface area contributed by atoms with Crippen LogP contribution >= 0.6 is 0 Å². The molecular formula is C13H19N3O2. The van der Waals surface area contributed by atoms with E-state index in [1.165, 1.54) is 0 Å². The largest absolute Gasteiger partial charge is 0.346 e. The number of aromatic nitrogens is 2. The summed E-state index contributed by atoms with van der Waals surface area (Å²) in [7, 11) is 1.78. The highest BCUT2D eigenvalue weighted by atomic mass is 16.2. The standard InChI is InChI=1S/C13H19N3O2/c1-3-16(2)12(17)8-11-9-6-4-5-7-10(9)13(18)15-14-11/h3-8H2,1-2H3,(H,15,18). The zero-order valence-corrected chi connectivity index (χ0v) is 11.0. The number of nitrogens with zero attached hydrogens (tertiary/aromatic N) is 2. The molecule has 1 aliphatic rings. The highest BCUT2D eigenvalue weighted by molar-refractivity contribution is 5.78. The van der Waals surface area contributed by atoms with Crippen LogP contribution in [0.15, 0.2) is 4.79 Å². The lowest BCUT2D eigenvalue weighted by Crippen LogP contribution is -2.30. The number of aromatic amines is 1. The molecule has 0 fully saturated rings. The summed E-state index contributed by atoms with van der Waals surface area (Å²) in [6.45, 7) is 2.62. The van der Waals surface area contributed by atoms with Gasteiger partial charge in [-0.3, -0.25) is 9.59 Å². The van der Waals surface area contributed by atoms with E-state index in [0.29, 0.717) is 6.54 Å². The molecule has 1 amide bonds. The van der Waals surface area contributed by atoms with Crippen LogP contribution in [0.2, 0.25) is 0 Å². The monoisotopic (exact) mass is 249 g/mol. The molecule has 5 heteroatoms. The molecule has 0 saturated heterocycles. The number of amides is 1. The van der Waals surface area contributed by atoms with Gasteiger partial charge in [-0.1, -0.05) is 0 Å². The van der Waals surface area contributed by atoms with Crippen molar-refractivity contribution in [2.24, 2.45) is 0 Å². The van der Waals surface area contributed by atoms with E-state index in [0.717, 1.165) is 42.5 Å². The van der Waals surface area contributed by atoms with Crippen molar-refractivity contribution in [3.05, 3.63) is 27.2 Å². The minimum atomic E-state index is -0.0928. The summed E-state index contributed by atoms with van der Waals surface area (Å²) >= 11 is 0. The van der Waals surface area contributed by atoms with Gasteiger partial charge in [-0.05, 0) is 38.2 Å². The first-order valence-corrected chi connectivity index (χ1v) is 6.46. The van der Waals surface area contributed by atoms with Crippen LogP contribution in [0, 0.1) is 0 Å². The minimum Gasteiger partial charge on any atom is -0.346 e. The molecule has 0 unspecified atom stereocenters. The number of hydrogen-bond donors (Lipinski definition) is 1. The van der Waals surface area contributed by atoms with Crippen LogP contribution in [-0.2, 0) is 24.1 Å². The fourth-order valence-corrected chi connectivity index (χ4v) is 2.33. The van der Waals surface area contributed by atoms with Crippen molar-refractivity contribution in [3.8, 4) is 0 Å². The number of hydrogen-bond acceptors (Lipinski definition) is 3. The maximum absolute atomic E-state index is 11.9. The van der Waals surface area contributed by atoms with Crippen LogP contribution in [0.4, 0.5) is 0 Å². The molecule has 0 saturated carbocycles. The molecule has 1 aliphatic carbocycles. The topological polar surface area (TPSA) is 66.1 Å². The molecule has 1 heterocycles. The van der Waals surface area contributed by atoms with Gasteiger partial charge in [0.1, 0.15) is 0 Å². The van der Waals surface area contributed by atoms with Gasteiger partial charge in [0.15, 0.2) is 0 Å². The average Bonchev–Trinajstić information content (AvgIpc) is 2.41. The number of nitrogens with one attached hydrogen (secondary N) is 1. The molecule has 18 heavy (non-hydrogen) atoms. The van der Waals surface area contributed by atoms with Gasteiger partial charge in [0.2, 0.25) is 5.91 Å². The fraction of sp³-hybridized carbons (Fsp3) is 0.615. The van der Waals surface area contributed by atoms with E-state index in [1.807, 2.05) is 6.92 Å². The molecule has 0 aliphatic heterocycles. The molecule has 1 aromatic rings. The average molecular weight is 249 g/mol. The molecule has 2 rings (SSSR count). The quantitative estimate of drug-likeness (QED) is 0.856. The lowest BCUT2D eigenvalue weighted by atomic mass is 9.91. The van der Waals surface area contributed by atoms with Crippen molar-refractivity contribution in [2.45, 2.75) is 39.0 Å². The Morgan fingerprint density at radius 3 is 2.67 bits per heavy atom. The number of carbonyl (C=O) groups excluding carboxylic acids is 1. The molecule has 0 radical (unpaired) electrons. The van der Waals surface area contributed by atoms with E-state index < -0.39 is 0 Å². The minimum absolute atomic E-state index is 0.0461. The van der Waals surface area contributed by atoms with Crippen molar-refractivity contribution in [1.82, 2.24) is 15.1 Å².